The fraction of sp³-hybridized carbons (Fsp3) is 0.385. The Morgan fingerprint density at radius 2 is 2.22 bits per heavy atom. The highest BCUT2D eigenvalue weighted by atomic mass is 32.1. The topological polar surface area (TPSA) is 62.2 Å². The van der Waals surface area contributed by atoms with E-state index >= 15 is 0 Å². The third kappa shape index (κ3) is 1.89. The van der Waals surface area contributed by atoms with E-state index in [9.17, 15) is 9.90 Å². The van der Waals surface area contributed by atoms with E-state index in [2.05, 4.69) is 10.3 Å². The van der Waals surface area contributed by atoms with Gasteiger partial charge in [-0.1, -0.05) is 12.1 Å². The molecule has 0 radical (unpaired) electrons. The van der Waals surface area contributed by atoms with Gasteiger partial charge in [-0.25, -0.2) is 4.98 Å². The Hall–Kier alpha value is -1.46. The van der Waals surface area contributed by atoms with E-state index in [0.717, 1.165) is 21.6 Å². The second kappa shape index (κ2) is 4.33. The van der Waals surface area contributed by atoms with Crippen molar-refractivity contribution in [2.45, 2.75) is 31.3 Å². The number of rotatable bonds is 4. The maximum Gasteiger partial charge on any atom is 0.323 e. The minimum Gasteiger partial charge on any atom is -0.480 e. The second-order valence-corrected chi connectivity index (χ2v) is 5.78. The minimum absolute atomic E-state index is 0.533. The minimum atomic E-state index is -0.741. The molecule has 0 aliphatic heterocycles. The van der Waals surface area contributed by atoms with E-state index in [1.807, 2.05) is 24.3 Å². The number of hydrogen-bond acceptors (Lipinski definition) is 4. The van der Waals surface area contributed by atoms with Gasteiger partial charge >= 0.3 is 5.97 Å². The number of aliphatic carboxylic acids is 1. The Kier molecular flexibility index (Phi) is 2.80. The van der Waals surface area contributed by atoms with Crippen molar-refractivity contribution in [2.75, 3.05) is 0 Å². The quantitative estimate of drug-likeness (QED) is 0.888. The Balaban J connectivity index is 1.75. The summed E-state index contributed by atoms with van der Waals surface area (Å²) in [6.07, 6.45) is 2.42. The molecular weight excluding hydrogens is 248 g/mol. The largest absolute Gasteiger partial charge is 0.480 e. The maximum atomic E-state index is 11.2. The maximum absolute atomic E-state index is 11.2. The molecule has 94 valence electrons. The van der Waals surface area contributed by atoms with Crippen molar-refractivity contribution in [3.8, 4) is 0 Å². The average molecular weight is 262 g/mol. The van der Waals surface area contributed by atoms with E-state index in [0.29, 0.717) is 19.4 Å². The van der Waals surface area contributed by atoms with Crippen LogP contribution in [0.3, 0.4) is 0 Å². The van der Waals surface area contributed by atoms with Gasteiger partial charge in [0.25, 0.3) is 0 Å². The molecule has 0 atom stereocenters. The smallest absolute Gasteiger partial charge is 0.323 e. The predicted molar refractivity (Wildman–Crippen MR) is 70.7 cm³/mol. The molecule has 2 N–H and O–H groups in total. The molecule has 1 saturated carbocycles. The molecule has 0 saturated heterocycles. The molecule has 1 aromatic heterocycles. The number of thiazole rings is 1. The lowest BCUT2D eigenvalue weighted by Crippen LogP contribution is -2.56. The van der Waals surface area contributed by atoms with Crippen LogP contribution in [0.1, 0.15) is 24.3 Å². The standard InChI is InChI=1S/C13H14N2O2S/c16-12(17)13(6-3-7-13)14-8-11-15-9-4-1-2-5-10(9)18-11/h1-2,4-5,14H,3,6-8H2,(H,16,17). The van der Waals surface area contributed by atoms with Gasteiger partial charge in [0.2, 0.25) is 0 Å². The molecule has 1 aliphatic rings. The lowest BCUT2D eigenvalue weighted by atomic mass is 9.77. The van der Waals surface area contributed by atoms with Crippen molar-refractivity contribution in [2.24, 2.45) is 0 Å². The zero-order chi connectivity index (χ0) is 12.6. The summed E-state index contributed by atoms with van der Waals surface area (Å²) < 4.78 is 1.15. The van der Waals surface area contributed by atoms with E-state index in [1.165, 1.54) is 0 Å². The van der Waals surface area contributed by atoms with Gasteiger partial charge in [-0.15, -0.1) is 11.3 Å². The fourth-order valence-electron chi connectivity index (χ4n) is 2.24. The van der Waals surface area contributed by atoms with Crippen LogP contribution in [0.2, 0.25) is 0 Å². The average Bonchev–Trinajstić information content (AvgIpc) is 2.69. The van der Waals surface area contributed by atoms with Gasteiger partial charge in [0.15, 0.2) is 0 Å². The molecule has 1 aromatic carbocycles. The molecule has 4 nitrogen and oxygen atoms in total. The van der Waals surface area contributed by atoms with Crippen LogP contribution in [0.25, 0.3) is 10.2 Å². The molecule has 0 amide bonds. The Labute approximate surface area is 109 Å². The van der Waals surface area contributed by atoms with Crippen LogP contribution in [0, 0.1) is 0 Å². The number of fused-ring (bicyclic) bond motifs is 1. The molecule has 0 spiro atoms. The molecular formula is C13H14N2O2S. The number of para-hydroxylation sites is 1. The first-order valence-electron chi connectivity index (χ1n) is 6.02. The Morgan fingerprint density at radius 3 is 2.83 bits per heavy atom. The van der Waals surface area contributed by atoms with Crippen molar-refractivity contribution in [1.29, 1.82) is 0 Å². The zero-order valence-electron chi connectivity index (χ0n) is 9.85. The van der Waals surface area contributed by atoms with E-state index in [-0.39, 0.29) is 0 Å². The Morgan fingerprint density at radius 1 is 1.44 bits per heavy atom. The summed E-state index contributed by atoms with van der Waals surface area (Å²) >= 11 is 1.62. The molecule has 1 aliphatic carbocycles. The monoisotopic (exact) mass is 262 g/mol. The van der Waals surface area contributed by atoms with Crippen molar-refractivity contribution < 1.29 is 9.90 Å². The summed E-state index contributed by atoms with van der Waals surface area (Å²) in [5, 5.41) is 13.3. The van der Waals surface area contributed by atoms with Crippen molar-refractivity contribution >= 4 is 27.5 Å². The van der Waals surface area contributed by atoms with E-state index < -0.39 is 11.5 Å². The SMILES string of the molecule is O=C(O)C1(NCc2nc3ccccc3s2)CCC1. The predicted octanol–water partition coefficient (Wildman–Crippen LogP) is 2.39. The van der Waals surface area contributed by atoms with Crippen LogP contribution in [-0.4, -0.2) is 21.6 Å². The molecule has 5 heteroatoms. The number of nitrogens with one attached hydrogen (secondary N) is 1. The number of nitrogens with zero attached hydrogens (tertiary/aromatic N) is 1. The zero-order valence-corrected chi connectivity index (χ0v) is 10.7. The molecule has 1 heterocycles. The highest BCUT2D eigenvalue weighted by Gasteiger charge is 2.43. The summed E-state index contributed by atoms with van der Waals surface area (Å²) in [6, 6.07) is 7.96. The van der Waals surface area contributed by atoms with Crippen LogP contribution < -0.4 is 5.32 Å². The summed E-state index contributed by atoms with van der Waals surface area (Å²) in [6.45, 7) is 0.533. The third-order valence-corrected chi connectivity index (χ3v) is 4.57. The van der Waals surface area contributed by atoms with Gasteiger partial charge in [-0.2, -0.15) is 0 Å². The highest BCUT2D eigenvalue weighted by Crippen LogP contribution is 2.32. The van der Waals surface area contributed by atoms with Crippen LogP contribution in [0.4, 0.5) is 0 Å². The van der Waals surface area contributed by atoms with Crippen LogP contribution in [-0.2, 0) is 11.3 Å². The lowest BCUT2D eigenvalue weighted by molar-refractivity contribution is -0.148. The van der Waals surface area contributed by atoms with Gasteiger partial charge in [0.05, 0.1) is 10.2 Å². The number of aromatic nitrogens is 1. The van der Waals surface area contributed by atoms with E-state index in [1.54, 1.807) is 11.3 Å². The lowest BCUT2D eigenvalue weighted by Gasteiger charge is -2.38. The molecule has 0 bridgehead atoms. The number of hydrogen-bond donors (Lipinski definition) is 2. The molecule has 1 fully saturated rings. The van der Waals surface area contributed by atoms with Crippen molar-refractivity contribution in [1.82, 2.24) is 10.3 Å². The summed E-state index contributed by atoms with van der Waals surface area (Å²) in [4.78, 5) is 15.7. The van der Waals surface area contributed by atoms with Crippen molar-refractivity contribution in [3.05, 3.63) is 29.3 Å². The number of benzene rings is 1. The van der Waals surface area contributed by atoms with Crippen LogP contribution in [0.5, 0.6) is 0 Å². The van der Waals surface area contributed by atoms with Crippen LogP contribution >= 0.6 is 11.3 Å². The highest BCUT2D eigenvalue weighted by molar-refractivity contribution is 7.18. The van der Waals surface area contributed by atoms with E-state index in [4.69, 9.17) is 0 Å². The number of carboxylic acids is 1. The van der Waals surface area contributed by atoms with Crippen molar-refractivity contribution in [3.63, 3.8) is 0 Å². The molecule has 0 unspecified atom stereocenters. The molecule has 2 aromatic rings. The van der Waals surface area contributed by atoms with Crippen LogP contribution in [0.15, 0.2) is 24.3 Å². The first kappa shape index (κ1) is 11.6. The summed E-state index contributed by atoms with van der Waals surface area (Å²) in [5.41, 5.74) is 0.273. The summed E-state index contributed by atoms with van der Waals surface area (Å²) in [5.74, 6) is -0.741. The van der Waals surface area contributed by atoms with Gasteiger partial charge in [0, 0.05) is 6.54 Å². The first-order chi connectivity index (χ1) is 8.70. The van der Waals surface area contributed by atoms with Gasteiger partial charge in [0.1, 0.15) is 10.5 Å². The van der Waals surface area contributed by atoms with Gasteiger partial charge < -0.3 is 5.11 Å². The summed E-state index contributed by atoms with van der Waals surface area (Å²) in [7, 11) is 0. The normalized spacial score (nSPS) is 17.6. The third-order valence-electron chi connectivity index (χ3n) is 3.53. The van der Waals surface area contributed by atoms with Gasteiger partial charge in [-0.3, -0.25) is 10.1 Å². The molecule has 3 rings (SSSR count). The fourth-order valence-corrected chi connectivity index (χ4v) is 3.14. The second-order valence-electron chi connectivity index (χ2n) is 4.67. The number of carboxylic acid groups (broad SMARTS) is 1. The number of carbonyl (C=O) groups is 1. The first-order valence-corrected chi connectivity index (χ1v) is 6.84. The van der Waals surface area contributed by atoms with Gasteiger partial charge in [-0.05, 0) is 31.4 Å². The molecule has 18 heavy (non-hydrogen) atoms. The Bertz CT molecular complexity index is 556.